The van der Waals surface area contributed by atoms with E-state index in [2.05, 4.69) is 24.8 Å². The summed E-state index contributed by atoms with van der Waals surface area (Å²) in [7, 11) is 1.70. The lowest BCUT2D eigenvalue weighted by molar-refractivity contribution is 0.186. The quantitative estimate of drug-likeness (QED) is 0.758. The van der Waals surface area contributed by atoms with E-state index in [0.29, 0.717) is 13.2 Å². The van der Waals surface area contributed by atoms with Gasteiger partial charge in [0.1, 0.15) is 11.6 Å². The van der Waals surface area contributed by atoms with Gasteiger partial charge in [-0.15, -0.1) is 11.3 Å². The number of fused-ring (bicyclic) bond motifs is 1. The Hall–Kier alpha value is -1.99. The molecule has 0 bridgehead atoms. The summed E-state index contributed by atoms with van der Waals surface area (Å²) in [5, 5.41) is 5.43. The standard InChI is InChI=1S/C14H17N5OS/c1-10-17-12-3-6-21-13(12)14(18-10)16-8-11-7-15-9-19(11)4-5-20-2/h3,6-7,9H,4-5,8H2,1-2H3,(H,16,17,18). The number of hydrogen-bond acceptors (Lipinski definition) is 6. The monoisotopic (exact) mass is 303 g/mol. The molecule has 3 rings (SSSR count). The molecule has 0 aromatic carbocycles. The number of imidazole rings is 1. The lowest BCUT2D eigenvalue weighted by atomic mass is 10.4. The van der Waals surface area contributed by atoms with Gasteiger partial charge in [-0.1, -0.05) is 0 Å². The summed E-state index contributed by atoms with van der Waals surface area (Å²) in [6.07, 6.45) is 3.68. The fourth-order valence-electron chi connectivity index (χ4n) is 2.16. The molecule has 0 unspecified atom stereocenters. The number of rotatable bonds is 6. The van der Waals surface area contributed by atoms with Crippen LogP contribution in [-0.4, -0.2) is 33.2 Å². The van der Waals surface area contributed by atoms with Crippen molar-refractivity contribution in [2.45, 2.75) is 20.0 Å². The Morgan fingerprint density at radius 3 is 3.14 bits per heavy atom. The van der Waals surface area contributed by atoms with E-state index >= 15 is 0 Å². The summed E-state index contributed by atoms with van der Waals surface area (Å²) >= 11 is 1.65. The van der Waals surface area contributed by atoms with E-state index in [4.69, 9.17) is 4.74 Å². The Balaban J connectivity index is 1.77. The molecular weight excluding hydrogens is 286 g/mol. The predicted molar refractivity (Wildman–Crippen MR) is 83.6 cm³/mol. The van der Waals surface area contributed by atoms with Gasteiger partial charge < -0.3 is 14.6 Å². The van der Waals surface area contributed by atoms with Crippen LogP contribution in [0.5, 0.6) is 0 Å². The molecule has 0 atom stereocenters. The Bertz CT molecular complexity index is 736. The number of hydrogen-bond donors (Lipinski definition) is 1. The molecule has 0 amide bonds. The van der Waals surface area contributed by atoms with Crippen molar-refractivity contribution in [3.05, 3.63) is 35.5 Å². The highest BCUT2D eigenvalue weighted by atomic mass is 32.1. The fraction of sp³-hybridized carbons (Fsp3) is 0.357. The van der Waals surface area contributed by atoms with Crippen molar-refractivity contribution in [3.63, 3.8) is 0 Å². The smallest absolute Gasteiger partial charge is 0.148 e. The topological polar surface area (TPSA) is 64.9 Å². The number of methoxy groups -OCH3 is 1. The van der Waals surface area contributed by atoms with Gasteiger partial charge in [-0.2, -0.15) is 0 Å². The minimum absolute atomic E-state index is 0.672. The lowest BCUT2D eigenvalue weighted by Crippen LogP contribution is -2.11. The lowest BCUT2D eigenvalue weighted by Gasteiger charge is -2.10. The molecule has 0 spiro atoms. The summed E-state index contributed by atoms with van der Waals surface area (Å²) in [6, 6.07) is 2.02. The van der Waals surface area contributed by atoms with Crippen LogP contribution in [0.1, 0.15) is 11.5 Å². The summed E-state index contributed by atoms with van der Waals surface area (Å²) in [6.45, 7) is 4.05. The maximum Gasteiger partial charge on any atom is 0.148 e. The molecule has 0 saturated heterocycles. The minimum Gasteiger partial charge on any atom is -0.383 e. The van der Waals surface area contributed by atoms with E-state index in [1.807, 2.05) is 30.9 Å². The van der Waals surface area contributed by atoms with Gasteiger partial charge in [0, 0.05) is 19.9 Å². The molecule has 3 aromatic heterocycles. The Morgan fingerprint density at radius 2 is 2.29 bits per heavy atom. The zero-order valence-electron chi connectivity index (χ0n) is 12.0. The van der Waals surface area contributed by atoms with Crippen LogP contribution in [0.15, 0.2) is 24.0 Å². The number of aryl methyl sites for hydroxylation is 1. The number of ether oxygens (including phenoxy) is 1. The van der Waals surface area contributed by atoms with Crippen molar-refractivity contribution in [3.8, 4) is 0 Å². The first-order valence-electron chi connectivity index (χ1n) is 6.71. The second kappa shape index (κ2) is 6.19. The highest BCUT2D eigenvalue weighted by Crippen LogP contribution is 2.26. The normalized spacial score (nSPS) is 11.1. The highest BCUT2D eigenvalue weighted by molar-refractivity contribution is 7.17. The van der Waals surface area contributed by atoms with Gasteiger partial charge in [0.2, 0.25) is 0 Å². The number of anilines is 1. The maximum absolute atomic E-state index is 5.11. The van der Waals surface area contributed by atoms with Crippen molar-refractivity contribution < 1.29 is 4.74 Å². The van der Waals surface area contributed by atoms with E-state index in [0.717, 1.165) is 34.1 Å². The number of nitrogens with zero attached hydrogens (tertiary/aromatic N) is 4. The van der Waals surface area contributed by atoms with Gasteiger partial charge in [-0.3, -0.25) is 0 Å². The molecule has 0 radical (unpaired) electrons. The van der Waals surface area contributed by atoms with E-state index in [1.54, 1.807) is 18.4 Å². The molecule has 21 heavy (non-hydrogen) atoms. The SMILES string of the molecule is COCCn1cncc1CNc1nc(C)nc2ccsc12. The average Bonchev–Trinajstić information content (AvgIpc) is 3.10. The van der Waals surface area contributed by atoms with E-state index in [1.165, 1.54) is 0 Å². The van der Waals surface area contributed by atoms with E-state index in [9.17, 15) is 0 Å². The van der Waals surface area contributed by atoms with E-state index in [-0.39, 0.29) is 0 Å². The maximum atomic E-state index is 5.11. The molecule has 3 heterocycles. The third-order valence-corrected chi connectivity index (χ3v) is 4.10. The Labute approximate surface area is 126 Å². The van der Waals surface area contributed by atoms with Crippen molar-refractivity contribution in [2.75, 3.05) is 19.0 Å². The third-order valence-electron chi connectivity index (χ3n) is 3.19. The molecule has 110 valence electrons. The van der Waals surface area contributed by atoms with Gasteiger partial charge in [-0.25, -0.2) is 15.0 Å². The molecule has 0 aliphatic carbocycles. The van der Waals surface area contributed by atoms with Gasteiger partial charge in [0.25, 0.3) is 0 Å². The third kappa shape index (κ3) is 3.03. The first kappa shape index (κ1) is 14.0. The second-order valence-corrected chi connectivity index (χ2v) is 5.60. The fourth-order valence-corrected chi connectivity index (χ4v) is 2.96. The molecule has 0 saturated carbocycles. The first-order chi connectivity index (χ1) is 10.3. The summed E-state index contributed by atoms with van der Waals surface area (Å²) in [5.41, 5.74) is 2.09. The van der Waals surface area contributed by atoms with E-state index < -0.39 is 0 Å². The van der Waals surface area contributed by atoms with Crippen LogP contribution >= 0.6 is 11.3 Å². The van der Waals surface area contributed by atoms with Gasteiger partial charge in [0.15, 0.2) is 0 Å². The Kier molecular flexibility index (Phi) is 4.12. The van der Waals surface area contributed by atoms with Crippen molar-refractivity contribution in [1.29, 1.82) is 0 Å². The molecule has 0 fully saturated rings. The van der Waals surface area contributed by atoms with Crippen LogP contribution in [0.25, 0.3) is 10.2 Å². The van der Waals surface area contributed by atoms with Gasteiger partial charge >= 0.3 is 0 Å². The average molecular weight is 303 g/mol. The van der Waals surface area contributed by atoms with Crippen LogP contribution in [0, 0.1) is 6.92 Å². The van der Waals surface area contributed by atoms with Crippen molar-refractivity contribution in [1.82, 2.24) is 19.5 Å². The van der Waals surface area contributed by atoms with Crippen LogP contribution < -0.4 is 5.32 Å². The molecule has 0 aliphatic heterocycles. The number of aromatic nitrogens is 4. The molecular formula is C14H17N5OS. The van der Waals surface area contributed by atoms with Crippen LogP contribution in [0.3, 0.4) is 0 Å². The summed E-state index contributed by atoms with van der Waals surface area (Å²) in [4.78, 5) is 13.1. The number of nitrogens with one attached hydrogen (secondary N) is 1. The molecule has 0 aliphatic rings. The molecule has 1 N–H and O–H groups in total. The predicted octanol–water partition coefficient (Wildman–Crippen LogP) is 2.45. The molecule has 3 aromatic rings. The Morgan fingerprint density at radius 1 is 1.38 bits per heavy atom. The minimum atomic E-state index is 0.672. The highest BCUT2D eigenvalue weighted by Gasteiger charge is 2.08. The van der Waals surface area contributed by atoms with Crippen molar-refractivity contribution in [2.24, 2.45) is 0 Å². The molecule has 7 heteroatoms. The van der Waals surface area contributed by atoms with Crippen molar-refractivity contribution >= 4 is 27.4 Å². The zero-order chi connectivity index (χ0) is 14.7. The second-order valence-electron chi connectivity index (χ2n) is 4.68. The van der Waals surface area contributed by atoms with Crippen LogP contribution in [0.4, 0.5) is 5.82 Å². The van der Waals surface area contributed by atoms with Crippen LogP contribution in [-0.2, 0) is 17.8 Å². The number of thiophene rings is 1. The molecule has 6 nitrogen and oxygen atoms in total. The zero-order valence-corrected chi connectivity index (χ0v) is 12.9. The van der Waals surface area contributed by atoms with Gasteiger partial charge in [0.05, 0.1) is 35.4 Å². The largest absolute Gasteiger partial charge is 0.383 e. The van der Waals surface area contributed by atoms with Gasteiger partial charge in [-0.05, 0) is 18.4 Å². The van der Waals surface area contributed by atoms with Crippen LogP contribution in [0.2, 0.25) is 0 Å². The summed E-state index contributed by atoms with van der Waals surface area (Å²) < 4.78 is 8.27. The first-order valence-corrected chi connectivity index (χ1v) is 7.59. The summed E-state index contributed by atoms with van der Waals surface area (Å²) in [5.74, 6) is 1.66.